The molecule has 38 heavy (non-hydrogen) atoms. The second-order valence-electron chi connectivity index (χ2n) is 12.2. The molecule has 6 nitrogen and oxygen atoms in total. The Balaban J connectivity index is 1.55. The first-order valence-electron chi connectivity index (χ1n) is 14.0. The maximum absolute atomic E-state index is 13.4. The molecule has 0 radical (unpaired) electrons. The Hall–Kier alpha value is -2.31. The van der Waals surface area contributed by atoms with Crippen LogP contribution in [0.1, 0.15) is 99.0 Å². The molecular weight excluding hydrogens is 496 g/mol. The summed E-state index contributed by atoms with van der Waals surface area (Å²) in [6, 6.07) is 4.41. The van der Waals surface area contributed by atoms with Crippen LogP contribution in [-0.2, 0) is 11.3 Å². The summed E-state index contributed by atoms with van der Waals surface area (Å²) < 4.78 is 0. The van der Waals surface area contributed by atoms with Crippen molar-refractivity contribution >= 4 is 23.3 Å². The fourth-order valence-electron chi connectivity index (χ4n) is 5.53. The molecule has 1 saturated heterocycles. The molecule has 3 heterocycles. The van der Waals surface area contributed by atoms with Crippen LogP contribution in [0.25, 0.3) is 0 Å². The lowest BCUT2D eigenvalue weighted by atomic mass is 9.90. The van der Waals surface area contributed by atoms with Crippen LogP contribution >= 0.6 is 11.6 Å². The lowest BCUT2D eigenvalue weighted by Crippen LogP contribution is -2.49. The summed E-state index contributed by atoms with van der Waals surface area (Å²) in [5.74, 6) is 0.377. The number of carbonyl (C=O) groups excluding carboxylic acids is 2. The van der Waals surface area contributed by atoms with Gasteiger partial charge in [-0.05, 0) is 87.6 Å². The Morgan fingerprint density at radius 2 is 1.84 bits per heavy atom. The third-order valence-corrected chi connectivity index (χ3v) is 7.92. The van der Waals surface area contributed by atoms with E-state index in [9.17, 15) is 9.59 Å². The smallest absolute Gasteiger partial charge is 0.223 e. The van der Waals surface area contributed by atoms with Crippen LogP contribution in [0.2, 0.25) is 5.15 Å². The Morgan fingerprint density at radius 1 is 1.16 bits per heavy atom. The fourth-order valence-corrected chi connectivity index (χ4v) is 5.82. The molecule has 0 saturated carbocycles. The topological polar surface area (TPSA) is 66.4 Å². The molecule has 1 amide bonds. The van der Waals surface area contributed by atoms with Crippen molar-refractivity contribution in [3.8, 4) is 0 Å². The highest BCUT2D eigenvalue weighted by Crippen LogP contribution is 2.27. The second-order valence-corrected chi connectivity index (χ2v) is 12.6. The molecule has 2 aromatic heterocycles. The maximum atomic E-state index is 13.4. The van der Waals surface area contributed by atoms with Crippen molar-refractivity contribution in [2.75, 3.05) is 13.1 Å². The molecule has 3 rings (SSSR count). The lowest BCUT2D eigenvalue weighted by Gasteiger charge is -2.41. The van der Waals surface area contributed by atoms with Crippen molar-refractivity contribution in [1.82, 2.24) is 19.8 Å². The molecule has 208 valence electrons. The van der Waals surface area contributed by atoms with Crippen LogP contribution < -0.4 is 0 Å². The van der Waals surface area contributed by atoms with E-state index in [0.29, 0.717) is 41.8 Å². The zero-order valence-corrected chi connectivity index (χ0v) is 25.1. The number of aromatic nitrogens is 2. The van der Waals surface area contributed by atoms with Crippen molar-refractivity contribution in [1.29, 1.82) is 0 Å². The number of halogens is 1. The molecule has 0 unspecified atom stereocenters. The van der Waals surface area contributed by atoms with Crippen LogP contribution in [0.3, 0.4) is 0 Å². The summed E-state index contributed by atoms with van der Waals surface area (Å²) >= 11 is 6.03. The minimum absolute atomic E-state index is 0.0505. The number of carbonyl (C=O) groups is 2. The first-order valence-corrected chi connectivity index (χ1v) is 14.3. The number of piperidine rings is 1. The summed E-state index contributed by atoms with van der Waals surface area (Å²) in [6.45, 7) is 17.0. The monoisotopic (exact) mass is 540 g/mol. The third kappa shape index (κ3) is 8.34. The molecule has 1 fully saturated rings. The predicted molar refractivity (Wildman–Crippen MR) is 155 cm³/mol. The number of Topliss-reactive ketones (excluding diaryl/α,β-unsaturated/α-hetero) is 1. The van der Waals surface area contributed by atoms with Gasteiger partial charge in [-0.3, -0.25) is 14.6 Å². The van der Waals surface area contributed by atoms with Crippen LogP contribution in [0, 0.1) is 26.2 Å². The van der Waals surface area contributed by atoms with E-state index in [1.54, 1.807) is 6.07 Å². The molecule has 0 aliphatic carbocycles. The SMILES string of the molecule is Cc1ccncc1CN(C(=O)CC(C)(C)C)C1CCN([C@H](C)CCCC(=O)c2c(C)cc(Cl)nc2C)CC1. The minimum atomic E-state index is -0.0505. The summed E-state index contributed by atoms with van der Waals surface area (Å²) in [6.07, 6.45) is 8.51. The van der Waals surface area contributed by atoms with E-state index in [2.05, 4.69) is 54.4 Å². The average molecular weight is 541 g/mol. The molecular formula is C31H45ClN4O2. The van der Waals surface area contributed by atoms with Gasteiger partial charge in [0.15, 0.2) is 5.78 Å². The van der Waals surface area contributed by atoms with Gasteiger partial charge in [0.05, 0.1) is 5.69 Å². The molecule has 0 aromatic carbocycles. The zero-order chi connectivity index (χ0) is 28.0. The van der Waals surface area contributed by atoms with Gasteiger partial charge in [-0.25, -0.2) is 4.98 Å². The zero-order valence-electron chi connectivity index (χ0n) is 24.3. The van der Waals surface area contributed by atoms with Crippen LogP contribution in [-0.4, -0.2) is 56.6 Å². The van der Waals surface area contributed by atoms with E-state index in [-0.39, 0.29) is 23.1 Å². The molecule has 0 N–H and O–H groups in total. The number of aryl methyl sites for hydroxylation is 3. The summed E-state index contributed by atoms with van der Waals surface area (Å²) in [5, 5.41) is 0.433. The Kier molecular flexibility index (Phi) is 10.5. The van der Waals surface area contributed by atoms with E-state index < -0.39 is 0 Å². The highest BCUT2D eigenvalue weighted by Gasteiger charge is 2.31. The molecule has 1 aliphatic heterocycles. The number of nitrogens with zero attached hydrogens (tertiary/aromatic N) is 4. The van der Waals surface area contributed by atoms with Gasteiger partial charge < -0.3 is 9.80 Å². The minimum Gasteiger partial charge on any atom is -0.335 e. The van der Waals surface area contributed by atoms with E-state index in [1.165, 1.54) is 5.56 Å². The van der Waals surface area contributed by atoms with Crippen molar-refractivity contribution < 1.29 is 9.59 Å². The van der Waals surface area contributed by atoms with Crippen LogP contribution in [0.15, 0.2) is 24.5 Å². The number of hydrogen-bond acceptors (Lipinski definition) is 5. The summed E-state index contributed by atoms with van der Waals surface area (Å²) in [7, 11) is 0. The van der Waals surface area contributed by atoms with E-state index in [0.717, 1.165) is 49.9 Å². The number of pyridine rings is 2. The largest absolute Gasteiger partial charge is 0.335 e. The van der Waals surface area contributed by atoms with Gasteiger partial charge >= 0.3 is 0 Å². The molecule has 1 aliphatic rings. The summed E-state index contributed by atoms with van der Waals surface area (Å²) in [4.78, 5) is 39.5. The lowest BCUT2D eigenvalue weighted by molar-refractivity contribution is -0.137. The average Bonchev–Trinajstić information content (AvgIpc) is 2.82. The Bertz CT molecular complexity index is 1100. The Morgan fingerprint density at radius 3 is 2.45 bits per heavy atom. The highest BCUT2D eigenvalue weighted by molar-refractivity contribution is 6.29. The van der Waals surface area contributed by atoms with Crippen LogP contribution in [0.4, 0.5) is 0 Å². The standard InChI is InChI=1S/C31H45ClN4O2/c1-21-11-14-33-19-25(21)20-36(29(38)18-31(5,6)7)26-12-15-35(16-13-26)23(3)9-8-10-27(37)30-22(2)17-28(32)34-24(30)4/h11,14,17,19,23,26H,8-10,12-13,15-16,18,20H2,1-7H3/t23-/m1/s1. The van der Waals surface area contributed by atoms with Gasteiger partial charge in [0, 0.05) is 62.5 Å². The van der Waals surface area contributed by atoms with Gasteiger partial charge in [-0.1, -0.05) is 32.4 Å². The number of amides is 1. The highest BCUT2D eigenvalue weighted by atomic mass is 35.5. The van der Waals surface area contributed by atoms with Crippen molar-refractivity contribution in [3.05, 3.63) is 57.6 Å². The molecule has 2 aromatic rings. The van der Waals surface area contributed by atoms with E-state index >= 15 is 0 Å². The number of rotatable bonds is 10. The molecule has 7 heteroatoms. The number of likely N-dealkylation sites (tertiary alicyclic amines) is 1. The van der Waals surface area contributed by atoms with Crippen molar-refractivity contribution in [3.63, 3.8) is 0 Å². The number of ketones is 1. The van der Waals surface area contributed by atoms with Gasteiger partial charge in [0.2, 0.25) is 5.91 Å². The Labute approximate surface area is 234 Å². The quantitative estimate of drug-likeness (QED) is 0.247. The van der Waals surface area contributed by atoms with E-state index in [1.807, 2.05) is 32.3 Å². The predicted octanol–water partition coefficient (Wildman–Crippen LogP) is 6.73. The first kappa shape index (κ1) is 30.2. The fraction of sp³-hybridized carbons (Fsp3) is 0.613. The number of hydrogen-bond donors (Lipinski definition) is 0. The second kappa shape index (κ2) is 13.2. The molecule has 0 bridgehead atoms. The van der Waals surface area contributed by atoms with Gasteiger partial charge in [0.1, 0.15) is 5.15 Å². The normalized spacial score (nSPS) is 15.9. The van der Waals surface area contributed by atoms with Crippen molar-refractivity contribution in [2.45, 2.75) is 106 Å². The van der Waals surface area contributed by atoms with Crippen LogP contribution in [0.5, 0.6) is 0 Å². The van der Waals surface area contributed by atoms with E-state index in [4.69, 9.17) is 11.6 Å². The first-order chi connectivity index (χ1) is 17.9. The third-order valence-electron chi connectivity index (χ3n) is 7.72. The molecule has 1 atom stereocenters. The maximum Gasteiger partial charge on any atom is 0.223 e. The summed E-state index contributed by atoms with van der Waals surface area (Å²) in [5.41, 5.74) is 4.57. The molecule has 0 spiro atoms. The van der Waals surface area contributed by atoms with Crippen molar-refractivity contribution in [2.24, 2.45) is 5.41 Å². The van der Waals surface area contributed by atoms with Gasteiger partial charge in [-0.15, -0.1) is 0 Å². The van der Waals surface area contributed by atoms with Gasteiger partial charge in [-0.2, -0.15) is 0 Å². The van der Waals surface area contributed by atoms with Gasteiger partial charge in [0.25, 0.3) is 0 Å².